The van der Waals surface area contributed by atoms with Gasteiger partial charge in [-0.2, -0.15) is 0 Å². The quantitative estimate of drug-likeness (QED) is 0.692. The van der Waals surface area contributed by atoms with E-state index in [4.69, 9.17) is 4.42 Å². The van der Waals surface area contributed by atoms with E-state index >= 15 is 0 Å². The molecule has 0 spiro atoms. The largest absolute Gasteiger partial charge is 0.444 e. The van der Waals surface area contributed by atoms with Gasteiger partial charge in [-0.3, -0.25) is 14.9 Å². The Bertz CT molecular complexity index is 624. The summed E-state index contributed by atoms with van der Waals surface area (Å²) < 4.78 is 5.56. The zero-order valence-electron chi connectivity index (χ0n) is 9.63. The molecule has 7 heteroatoms. The highest BCUT2D eigenvalue weighted by Crippen LogP contribution is 2.15. The van der Waals surface area contributed by atoms with Crippen LogP contribution in [0.5, 0.6) is 0 Å². The smallest absolute Gasteiger partial charge is 0.287 e. The number of hydrogen-bond donors (Lipinski definition) is 1. The highest BCUT2D eigenvalue weighted by molar-refractivity contribution is 9.10. The second kappa shape index (κ2) is 5.66. The first-order valence-corrected chi connectivity index (χ1v) is 6.12. The van der Waals surface area contributed by atoms with Gasteiger partial charge in [0.1, 0.15) is 0 Å². The van der Waals surface area contributed by atoms with Gasteiger partial charge in [0.05, 0.1) is 4.92 Å². The van der Waals surface area contributed by atoms with Crippen molar-refractivity contribution in [1.82, 2.24) is 5.32 Å². The lowest BCUT2D eigenvalue weighted by molar-refractivity contribution is -0.384. The summed E-state index contributed by atoms with van der Waals surface area (Å²) in [6.07, 6.45) is 0. The average Bonchev–Trinajstić information content (AvgIpc) is 2.83. The maximum atomic E-state index is 11.7. The molecular formula is C12H9BrN2O4. The van der Waals surface area contributed by atoms with Crippen molar-refractivity contribution in [3.63, 3.8) is 0 Å². The Balaban J connectivity index is 2.01. The highest BCUT2D eigenvalue weighted by atomic mass is 79.9. The third-order valence-corrected chi connectivity index (χ3v) is 2.80. The number of furan rings is 1. The number of rotatable bonds is 4. The van der Waals surface area contributed by atoms with Gasteiger partial charge in [-0.1, -0.05) is 12.1 Å². The van der Waals surface area contributed by atoms with Gasteiger partial charge < -0.3 is 9.73 Å². The van der Waals surface area contributed by atoms with Crippen LogP contribution in [0.25, 0.3) is 0 Å². The predicted octanol–water partition coefficient (Wildman–Crippen LogP) is 2.88. The molecule has 0 saturated carbocycles. The molecule has 0 bridgehead atoms. The number of nitrogens with one attached hydrogen (secondary N) is 1. The van der Waals surface area contributed by atoms with Gasteiger partial charge >= 0.3 is 0 Å². The first kappa shape index (κ1) is 13.3. The number of halogens is 1. The minimum absolute atomic E-state index is 0.00695. The van der Waals surface area contributed by atoms with E-state index in [0.717, 1.165) is 0 Å². The van der Waals surface area contributed by atoms with Crippen LogP contribution >= 0.6 is 15.9 Å². The summed E-state index contributed by atoms with van der Waals surface area (Å²) >= 11 is 3.10. The van der Waals surface area contributed by atoms with E-state index in [1.165, 1.54) is 18.2 Å². The summed E-state index contributed by atoms with van der Waals surface area (Å²) in [5.41, 5.74) is 0.640. The van der Waals surface area contributed by atoms with Crippen molar-refractivity contribution < 1.29 is 14.1 Å². The Kier molecular flexibility index (Phi) is 3.96. The molecule has 0 unspecified atom stereocenters. The van der Waals surface area contributed by atoms with Crippen LogP contribution in [0.2, 0.25) is 0 Å². The topological polar surface area (TPSA) is 85.4 Å². The van der Waals surface area contributed by atoms with Crippen molar-refractivity contribution in [2.24, 2.45) is 0 Å². The number of carbonyl (C=O) groups excluding carboxylic acids is 1. The molecule has 6 nitrogen and oxygen atoms in total. The van der Waals surface area contributed by atoms with Crippen LogP contribution in [0.1, 0.15) is 16.1 Å². The molecule has 2 aromatic rings. The number of nitro benzene ring substituents is 1. The normalized spacial score (nSPS) is 10.2. The molecule has 0 saturated heterocycles. The van der Waals surface area contributed by atoms with Gasteiger partial charge in [-0.05, 0) is 33.6 Å². The van der Waals surface area contributed by atoms with Gasteiger partial charge in [0.2, 0.25) is 0 Å². The molecule has 0 fully saturated rings. The first-order valence-electron chi connectivity index (χ1n) is 5.33. The van der Waals surface area contributed by atoms with Crippen LogP contribution in [0.15, 0.2) is 45.5 Å². The Morgan fingerprint density at radius 2 is 2.16 bits per heavy atom. The molecule has 0 aliphatic heterocycles. The Morgan fingerprint density at radius 3 is 2.79 bits per heavy atom. The zero-order valence-corrected chi connectivity index (χ0v) is 11.2. The molecule has 1 heterocycles. The van der Waals surface area contributed by atoms with E-state index in [2.05, 4.69) is 21.2 Å². The minimum Gasteiger partial charge on any atom is -0.444 e. The number of nitro groups is 1. The van der Waals surface area contributed by atoms with E-state index in [9.17, 15) is 14.9 Å². The number of nitrogens with zero attached hydrogens (tertiary/aromatic N) is 1. The van der Waals surface area contributed by atoms with Crippen LogP contribution in [-0.4, -0.2) is 10.8 Å². The summed E-state index contributed by atoms with van der Waals surface area (Å²) in [6.45, 7) is 0.193. The summed E-state index contributed by atoms with van der Waals surface area (Å²) in [7, 11) is 0. The molecule has 0 atom stereocenters. The van der Waals surface area contributed by atoms with Gasteiger partial charge in [-0.15, -0.1) is 0 Å². The highest BCUT2D eigenvalue weighted by Gasteiger charge is 2.11. The fraction of sp³-hybridized carbons (Fsp3) is 0.0833. The maximum Gasteiger partial charge on any atom is 0.287 e. The van der Waals surface area contributed by atoms with Crippen LogP contribution in [0.3, 0.4) is 0 Å². The molecule has 2 rings (SSSR count). The first-order chi connectivity index (χ1) is 9.06. The van der Waals surface area contributed by atoms with Crippen LogP contribution in [0, 0.1) is 10.1 Å². The van der Waals surface area contributed by atoms with Gasteiger partial charge in [0.25, 0.3) is 11.6 Å². The lowest BCUT2D eigenvalue weighted by Crippen LogP contribution is -2.22. The monoisotopic (exact) mass is 324 g/mol. The number of carbonyl (C=O) groups is 1. The van der Waals surface area contributed by atoms with E-state index < -0.39 is 4.92 Å². The van der Waals surface area contributed by atoms with Crippen molar-refractivity contribution in [3.05, 3.63) is 62.5 Å². The molecule has 1 aromatic heterocycles. The fourth-order valence-electron chi connectivity index (χ4n) is 1.49. The van der Waals surface area contributed by atoms with Crippen molar-refractivity contribution in [2.45, 2.75) is 6.54 Å². The molecular weight excluding hydrogens is 316 g/mol. The lowest BCUT2D eigenvalue weighted by Gasteiger charge is -2.03. The average molecular weight is 325 g/mol. The molecule has 98 valence electrons. The standard InChI is InChI=1S/C12H9BrN2O4/c13-11-5-4-10(19-11)12(16)14-7-8-2-1-3-9(6-8)15(17)18/h1-6H,7H2,(H,14,16). The predicted molar refractivity (Wildman–Crippen MR) is 70.7 cm³/mol. The zero-order chi connectivity index (χ0) is 13.8. The van der Waals surface area contributed by atoms with Crippen molar-refractivity contribution >= 4 is 27.5 Å². The molecule has 0 aliphatic rings. The Labute approximate surface area is 116 Å². The summed E-state index contributed by atoms with van der Waals surface area (Å²) in [4.78, 5) is 21.8. The third-order valence-electron chi connectivity index (χ3n) is 2.37. The minimum atomic E-state index is -0.477. The van der Waals surface area contributed by atoms with Crippen molar-refractivity contribution in [1.29, 1.82) is 0 Å². The SMILES string of the molecule is O=C(NCc1cccc([N+](=O)[O-])c1)c1ccc(Br)o1. The summed E-state index contributed by atoms with van der Waals surface area (Å²) in [5.74, 6) is -0.200. The van der Waals surface area contributed by atoms with Crippen LogP contribution in [0.4, 0.5) is 5.69 Å². The number of non-ortho nitro benzene ring substituents is 1. The Morgan fingerprint density at radius 1 is 1.37 bits per heavy atom. The second-order valence-corrected chi connectivity index (χ2v) is 4.50. The van der Waals surface area contributed by atoms with Crippen LogP contribution < -0.4 is 5.32 Å². The van der Waals surface area contributed by atoms with Gasteiger partial charge in [0, 0.05) is 18.7 Å². The van der Waals surface area contributed by atoms with Gasteiger partial charge in [-0.25, -0.2) is 0 Å². The maximum absolute atomic E-state index is 11.7. The van der Waals surface area contributed by atoms with E-state index in [1.54, 1.807) is 18.2 Å². The fourth-order valence-corrected chi connectivity index (χ4v) is 1.79. The molecule has 19 heavy (non-hydrogen) atoms. The van der Waals surface area contributed by atoms with Crippen molar-refractivity contribution in [3.8, 4) is 0 Å². The summed E-state index contributed by atoms with van der Waals surface area (Å²) in [6, 6.07) is 9.23. The van der Waals surface area contributed by atoms with Crippen LogP contribution in [-0.2, 0) is 6.54 Å². The van der Waals surface area contributed by atoms with E-state index in [1.807, 2.05) is 0 Å². The van der Waals surface area contributed by atoms with Gasteiger partial charge in [0.15, 0.2) is 10.4 Å². The molecule has 0 radical (unpaired) electrons. The molecule has 1 aromatic carbocycles. The number of benzene rings is 1. The van der Waals surface area contributed by atoms with E-state index in [0.29, 0.717) is 10.2 Å². The van der Waals surface area contributed by atoms with Crippen molar-refractivity contribution in [2.75, 3.05) is 0 Å². The molecule has 1 amide bonds. The third kappa shape index (κ3) is 3.41. The number of amides is 1. The number of hydrogen-bond acceptors (Lipinski definition) is 4. The lowest BCUT2D eigenvalue weighted by atomic mass is 10.2. The second-order valence-electron chi connectivity index (χ2n) is 3.71. The Hall–Kier alpha value is -2.15. The molecule has 1 N–H and O–H groups in total. The summed E-state index contributed by atoms with van der Waals surface area (Å²) in [5, 5.41) is 13.2. The van der Waals surface area contributed by atoms with E-state index in [-0.39, 0.29) is 23.9 Å². The molecule has 0 aliphatic carbocycles.